The average Bonchev–Trinajstić information content (AvgIpc) is 2.90. The maximum atomic E-state index is 13.0. The summed E-state index contributed by atoms with van der Waals surface area (Å²) >= 11 is 0. The van der Waals surface area contributed by atoms with E-state index in [-0.39, 0.29) is 29.7 Å². The van der Waals surface area contributed by atoms with Gasteiger partial charge in [-0.25, -0.2) is 9.97 Å². The molecule has 0 aliphatic carbocycles. The van der Waals surface area contributed by atoms with Crippen LogP contribution in [0.2, 0.25) is 0 Å². The van der Waals surface area contributed by atoms with Gasteiger partial charge in [-0.2, -0.15) is 0 Å². The highest BCUT2D eigenvalue weighted by molar-refractivity contribution is 5.93. The molecule has 2 atom stereocenters. The van der Waals surface area contributed by atoms with Crippen LogP contribution in [0, 0.1) is 5.92 Å². The first-order valence-electron chi connectivity index (χ1n) is 9.43. The van der Waals surface area contributed by atoms with Gasteiger partial charge in [0.2, 0.25) is 5.91 Å². The van der Waals surface area contributed by atoms with Gasteiger partial charge < -0.3 is 9.80 Å². The number of hydrogen-bond donors (Lipinski definition) is 0. The van der Waals surface area contributed by atoms with Crippen molar-refractivity contribution in [2.45, 2.75) is 52.5 Å². The van der Waals surface area contributed by atoms with E-state index in [1.165, 1.54) is 5.57 Å². The van der Waals surface area contributed by atoms with Crippen LogP contribution in [0.4, 0.5) is 0 Å². The number of piperidine rings is 1. The molecule has 0 saturated carbocycles. The first-order valence-corrected chi connectivity index (χ1v) is 9.43. The van der Waals surface area contributed by atoms with E-state index in [0.717, 1.165) is 12.8 Å². The first-order chi connectivity index (χ1) is 12.4. The van der Waals surface area contributed by atoms with E-state index in [0.29, 0.717) is 31.2 Å². The number of nitrogens with zero attached hydrogens (tertiary/aromatic N) is 4. The predicted octanol–water partition coefficient (Wildman–Crippen LogP) is 2.63. The van der Waals surface area contributed by atoms with Gasteiger partial charge in [0.15, 0.2) is 0 Å². The number of carbonyl (C=O) groups excluding carboxylic acids is 2. The Morgan fingerprint density at radius 2 is 2.08 bits per heavy atom. The first kappa shape index (κ1) is 18.5. The summed E-state index contributed by atoms with van der Waals surface area (Å²) < 4.78 is 0. The highest BCUT2D eigenvalue weighted by Gasteiger charge is 2.41. The van der Waals surface area contributed by atoms with Gasteiger partial charge in [-0.05, 0) is 32.8 Å². The van der Waals surface area contributed by atoms with Crippen molar-refractivity contribution in [3.05, 3.63) is 35.4 Å². The van der Waals surface area contributed by atoms with Gasteiger partial charge in [-0.1, -0.05) is 25.5 Å². The molecule has 6 heteroatoms. The molecule has 0 N–H and O–H groups in total. The van der Waals surface area contributed by atoms with Gasteiger partial charge in [-0.15, -0.1) is 0 Å². The topological polar surface area (TPSA) is 66.4 Å². The standard InChI is InChI=1S/C20H28N4O2/c1-13(2)8-10-24-16-6-5-15(19(24)25)11-23(12-16)20(26)17-7-9-21-18(22-17)14(3)4/h7-9,14-16H,5-6,10-12H2,1-4H3/t15-,16+/m0/s1. The van der Waals surface area contributed by atoms with Gasteiger partial charge in [0.1, 0.15) is 11.5 Å². The van der Waals surface area contributed by atoms with Crippen molar-refractivity contribution in [2.24, 2.45) is 5.92 Å². The fourth-order valence-electron chi connectivity index (χ4n) is 3.66. The lowest BCUT2D eigenvalue weighted by atomic mass is 9.94. The minimum Gasteiger partial charge on any atom is -0.334 e. The Hall–Kier alpha value is -2.24. The zero-order valence-corrected chi connectivity index (χ0v) is 16.1. The Bertz CT molecular complexity index is 724. The highest BCUT2D eigenvalue weighted by Crippen LogP contribution is 2.29. The third kappa shape index (κ3) is 3.79. The summed E-state index contributed by atoms with van der Waals surface area (Å²) in [6.07, 6.45) is 5.55. The van der Waals surface area contributed by atoms with Gasteiger partial charge in [0, 0.05) is 37.8 Å². The van der Waals surface area contributed by atoms with Crippen LogP contribution in [0.1, 0.15) is 62.8 Å². The number of fused-ring (bicyclic) bond motifs is 4. The molecule has 1 aromatic rings. The van der Waals surface area contributed by atoms with Gasteiger partial charge >= 0.3 is 0 Å². The second-order valence-electron chi connectivity index (χ2n) is 7.87. The normalized spacial score (nSPS) is 22.6. The molecule has 0 spiro atoms. The molecular weight excluding hydrogens is 328 g/mol. The maximum Gasteiger partial charge on any atom is 0.272 e. The van der Waals surface area contributed by atoms with Crippen LogP contribution in [0.15, 0.2) is 23.9 Å². The highest BCUT2D eigenvalue weighted by atomic mass is 16.2. The van der Waals surface area contributed by atoms with Crippen LogP contribution in [-0.2, 0) is 4.79 Å². The zero-order chi connectivity index (χ0) is 18.8. The maximum absolute atomic E-state index is 13.0. The SMILES string of the molecule is CC(C)=CCN1C(=O)[C@H]2CC[C@@H]1CN(C(=O)c1ccnc(C(C)C)n1)C2. The molecule has 3 aliphatic rings. The molecule has 6 nitrogen and oxygen atoms in total. The van der Waals surface area contributed by atoms with E-state index < -0.39 is 0 Å². The Labute approximate surface area is 155 Å². The molecular formula is C20H28N4O2. The molecule has 2 amide bonds. The van der Waals surface area contributed by atoms with Crippen molar-refractivity contribution in [2.75, 3.05) is 19.6 Å². The molecule has 0 unspecified atom stereocenters. The molecule has 4 rings (SSSR count). The summed E-state index contributed by atoms with van der Waals surface area (Å²) in [6.45, 7) is 9.80. The molecule has 1 aromatic heterocycles. The van der Waals surface area contributed by atoms with Crippen molar-refractivity contribution in [3.8, 4) is 0 Å². The zero-order valence-electron chi connectivity index (χ0n) is 16.1. The van der Waals surface area contributed by atoms with Crippen LogP contribution in [0.25, 0.3) is 0 Å². The summed E-state index contributed by atoms with van der Waals surface area (Å²) in [7, 11) is 0. The summed E-state index contributed by atoms with van der Waals surface area (Å²) in [5.74, 6) is 0.830. The lowest BCUT2D eigenvalue weighted by Gasteiger charge is -2.35. The largest absolute Gasteiger partial charge is 0.334 e. The molecule has 0 aromatic carbocycles. The summed E-state index contributed by atoms with van der Waals surface area (Å²) in [6, 6.07) is 1.76. The van der Waals surface area contributed by atoms with Crippen molar-refractivity contribution in [3.63, 3.8) is 0 Å². The molecule has 3 fully saturated rings. The molecule has 3 aliphatic heterocycles. The minimum atomic E-state index is -0.102. The molecule has 26 heavy (non-hydrogen) atoms. The lowest BCUT2D eigenvalue weighted by molar-refractivity contribution is -0.139. The molecule has 3 saturated heterocycles. The van der Waals surface area contributed by atoms with E-state index in [1.54, 1.807) is 12.3 Å². The van der Waals surface area contributed by atoms with Crippen molar-refractivity contribution in [1.82, 2.24) is 19.8 Å². The van der Waals surface area contributed by atoms with Gasteiger partial charge in [0.05, 0.1) is 5.92 Å². The third-order valence-electron chi connectivity index (χ3n) is 5.19. The molecule has 140 valence electrons. The van der Waals surface area contributed by atoms with Crippen LogP contribution < -0.4 is 0 Å². The Morgan fingerprint density at radius 3 is 2.77 bits per heavy atom. The predicted molar refractivity (Wildman–Crippen MR) is 99.7 cm³/mol. The quantitative estimate of drug-likeness (QED) is 0.778. The third-order valence-corrected chi connectivity index (χ3v) is 5.19. The Kier molecular flexibility index (Phi) is 5.39. The number of amides is 2. The van der Waals surface area contributed by atoms with Crippen molar-refractivity contribution < 1.29 is 9.59 Å². The monoisotopic (exact) mass is 356 g/mol. The summed E-state index contributed by atoms with van der Waals surface area (Å²) in [5.41, 5.74) is 1.63. The molecule has 4 heterocycles. The van der Waals surface area contributed by atoms with E-state index in [1.807, 2.05) is 37.5 Å². The minimum absolute atomic E-state index is 0.0900. The lowest BCUT2D eigenvalue weighted by Crippen LogP contribution is -2.48. The van der Waals surface area contributed by atoms with Crippen LogP contribution in [0.3, 0.4) is 0 Å². The Morgan fingerprint density at radius 1 is 1.31 bits per heavy atom. The second kappa shape index (κ2) is 7.56. The van der Waals surface area contributed by atoms with Crippen LogP contribution in [-0.4, -0.2) is 57.3 Å². The van der Waals surface area contributed by atoms with Crippen LogP contribution >= 0.6 is 0 Å². The van der Waals surface area contributed by atoms with E-state index in [2.05, 4.69) is 16.0 Å². The fourth-order valence-corrected chi connectivity index (χ4v) is 3.66. The van der Waals surface area contributed by atoms with Crippen molar-refractivity contribution >= 4 is 11.8 Å². The molecule has 0 radical (unpaired) electrons. The fraction of sp³-hybridized carbons (Fsp3) is 0.600. The average molecular weight is 356 g/mol. The Balaban J connectivity index is 1.80. The number of allylic oxidation sites excluding steroid dienone is 1. The number of aromatic nitrogens is 2. The van der Waals surface area contributed by atoms with Crippen LogP contribution in [0.5, 0.6) is 0 Å². The summed E-state index contributed by atoms with van der Waals surface area (Å²) in [4.78, 5) is 38.3. The van der Waals surface area contributed by atoms with Crippen molar-refractivity contribution in [1.29, 1.82) is 0 Å². The number of hydrogen-bond acceptors (Lipinski definition) is 4. The van der Waals surface area contributed by atoms with Gasteiger partial charge in [0.25, 0.3) is 5.91 Å². The number of carbonyl (C=O) groups is 2. The molecule has 2 bridgehead atoms. The van der Waals surface area contributed by atoms with Gasteiger partial charge in [-0.3, -0.25) is 9.59 Å². The van der Waals surface area contributed by atoms with E-state index in [4.69, 9.17) is 0 Å². The smallest absolute Gasteiger partial charge is 0.272 e. The number of rotatable bonds is 4. The second-order valence-corrected chi connectivity index (χ2v) is 7.87. The summed E-state index contributed by atoms with van der Waals surface area (Å²) in [5, 5.41) is 0. The van der Waals surface area contributed by atoms with E-state index in [9.17, 15) is 9.59 Å². The van der Waals surface area contributed by atoms with E-state index >= 15 is 0 Å².